The van der Waals surface area contributed by atoms with E-state index in [1.165, 1.54) is 25.7 Å². The van der Waals surface area contributed by atoms with Gasteiger partial charge in [-0.3, -0.25) is 4.99 Å². The number of hydrogen-bond donors (Lipinski definition) is 1. The van der Waals surface area contributed by atoms with Gasteiger partial charge in [0.05, 0.1) is 17.7 Å². The highest BCUT2D eigenvalue weighted by molar-refractivity contribution is 5.81. The highest BCUT2D eigenvalue weighted by Crippen LogP contribution is 2.42. The molecule has 18 heavy (non-hydrogen) atoms. The number of ether oxygens (including phenoxy) is 1. The van der Waals surface area contributed by atoms with E-state index in [0.717, 1.165) is 32.0 Å². The van der Waals surface area contributed by atoms with Gasteiger partial charge in [-0.1, -0.05) is 12.8 Å². The molecule has 2 aliphatic heterocycles. The van der Waals surface area contributed by atoms with Crippen molar-refractivity contribution in [3.63, 3.8) is 0 Å². The first kappa shape index (κ1) is 12.3. The fourth-order valence-electron chi connectivity index (χ4n) is 4.15. The lowest BCUT2D eigenvalue weighted by Gasteiger charge is -2.49. The molecule has 0 amide bonds. The van der Waals surface area contributed by atoms with Crippen LogP contribution in [0.2, 0.25) is 0 Å². The Balaban J connectivity index is 1.86. The average molecular weight is 251 g/mol. The molecule has 4 nitrogen and oxygen atoms in total. The largest absolute Gasteiger partial charge is 0.375 e. The molecular formula is C14H25N3O. The molecule has 1 aliphatic carbocycles. The first-order valence-corrected chi connectivity index (χ1v) is 7.26. The fraction of sp³-hybridized carbons (Fsp3) is 0.929. The summed E-state index contributed by atoms with van der Waals surface area (Å²) in [6.07, 6.45) is 7.34. The lowest BCUT2D eigenvalue weighted by molar-refractivity contribution is -0.106. The molecule has 0 radical (unpaired) electrons. The standard InChI is InChI=1S/C14H25N3O/c1-13(2)9-14(7-8-18-13)10-16-12(15)17(14)11-5-3-4-6-11/h11H,3-10H2,1-2H3,(H2,15,16). The minimum absolute atomic E-state index is 0.0464. The highest BCUT2D eigenvalue weighted by Gasteiger charge is 2.50. The van der Waals surface area contributed by atoms with E-state index in [1.807, 2.05) is 0 Å². The molecule has 1 saturated heterocycles. The summed E-state index contributed by atoms with van der Waals surface area (Å²) < 4.78 is 5.88. The van der Waals surface area contributed by atoms with Gasteiger partial charge in [0.25, 0.3) is 0 Å². The van der Waals surface area contributed by atoms with Crippen molar-refractivity contribution in [2.45, 2.75) is 69.6 Å². The Morgan fingerprint density at radius 2 is 2.06 bits per heavy atom. The van der Waals surface area contributed by atoms with E-state index < -0.39 is 0 Å². The Labute approximate surface area is 110 Å². The molecule has 2 N–H and O–H groups in total. The van der Waals surface area contributed by atoms with E-state index in [0.29, 0.717) is 6.04 Å². The van der Waals surface area contributed by atoms with Crippen molar-refractivity contribution in [2.24, 2.45) is 10.7 Å². The molecule has 0 aromatic carbocycles. The van der Waals surface area contributed by atoms with Crippen LogP contribution in [0.4, 0.5) is 0 Å². The molecule has 3 rings (SSSR count). The molecule has 0 aromatic heterocycles. The second-order valence-corrected chi connectivity index (χ2v) is 6.74. The third-order valence-electron chi connectivity index (χ3n) is 4.80. The van der Waals surface area contributed by atoms with Crippen molar-refractivity contribution in [3.8, 4) is 0 Å². The van der Waals surface area contributed by atoms with E-state index in [1.54, 1.807) is 0 Å². The zero-order chi connectivity index (χ0) is 12.8. The van der Waals surface area contributed by atoms with Gasteiger partial charge in [0, 0.05) is 19.1 Å². The van der Waals surface area contributed by atoms with Gasteiger partial charge in [0.1, 0.15) is 0 Å². The van der Waals surface area contributed by atoms with Gasteiger partial charge in [-0.2, -0.15) is 0 Å². The number of hydrogen-bond acceptors (Lipinski definition) is 4. The Bertz CT molecular complexity index is 360. The predicted molar refractivity (Wildman–Crippen MR) is 72.6 cm³/mol. The van der Waals surface area contributed by atoms with Gasteiger partial charge in [-0.05, 0) is 33.1 Å². The molecule has 3 aliphatic rings. The molecule has 2 fully saturated rings. The third kappa shape index (κ3) is 1.91. The van der Waals surface area contributed by atoms with Crippen molar-refractivity contribution in [3.05, 3.63) is 0 Å². The van der Waals surface area contributed by atoms with Gasteiger partial charge in [0.2, 0.25) is 0 Å². The molecule has 2 heterocycles. The number of nitrogens with zero attached hydrogens (tertiary/aromatic N) is 2. The van der Waals surface area contributed by atoms with Crippen LogP contribution in [-0.4, -0.2) is 41.2 Å². The van der Waals surface area contributed by atoms with Crippen molar-refractivity contribution >= 4 is 5.96 Å². The van der Waals surface area contributed by atoms with Gasteiger partial charge >= 0.3 is 0 Å². The molecule has 1 spiro atoms. The van der Waals surface area contributed by atoms with Crippen LogP contribution >= 0.6 is 0 Å². The minimum Gasteiger partial charge on any atom is -0.375 e. The van der Waals surface area contributed by atoms with Crippen molar-refractivity contribution in [2.75, 3.05) is 13.2 Å². The zero-order valence-electron chi connectivity index (χ0n) is 11.6. The monoisotopic (exact) mass is 251 g/mol. The molecular weight excluding hydrogens is 226 g/mol. The summed E-state index contributed by atoms with van der Waals surface area (Å²) in [6.45, 7) is 6.08. The molecule has 4 heteroatoms. The Kier molecular flexibility index (Phi) is 2.81. The highest BCUT2D eigenvalue weighted by atomic mass is 16.5. The summed E-state index contributed by atoms with van der Waals surface area (Å²) in [7, 11) is 0. The Morgan fingerprint density at radius 1 is 1.33 bits per heavy atom. The SMILES string of the molecule is CC1(C)CC2(CCO1)CN=C(N)N2C1CCCC1. The summed E-state index contributed by atoms with van der Waals surface area (Å²) in [4.78, 5) is 7.03. The van der Waals surface area contributed by atoms with Crippen LogP contribution in [0.5, 0.6) is 0 Å². The van der Waals surface area contributed by atoms with Crippen molar-refractivity contribution in [1.29, 1.82) is 0 Å². The van der Waals surface area contributed by atoms with Crippen molar-refractivity contribution < 1.29 is 4.74 Å². The zero-order valence-corrected chi connectivity index (χ0v) is 11.6. The second-order valence-electron chi connectivity index (χ2n) is 6.74. The van der Waals surface area contributed by atoms with E-state index in [-0.39, 0.29) is 11.1 Å². The van der Waals surface area contributed by atoms with Crippen molar-refractivity contribution in [1.82, 2.24) is 4.90 Å². The number of nitrogens with two attached hydrogens (primary N) is 1. The first-order chi connectivity index (χ1) is 8.53. The Morgan fingerprint density at radius 3 is 2.72 bits per heavy atom. The van der Waals surface area contributed by atoms with Crippen LogP contribution in [0.3, 0.4) is 0 Å². The van der Waals surface area contributed by atoms with E-state index in [4.69, 9.17) is 10.5 Å². The smallest absolute Gasteiger partial charge is 0.192 e. The number of guanidine groups is 1. The average Bonchev–Trinajstić information content (AvgIpc) is 2.86. The summed E-state index contributed by atoms with van der Waals surface area (Å²) in [6, 6.07) is 0.616. The molecule has 0 bridgehead atoms. The Hall–Kier alpha value is -0.770. The summed E-state index contributed by atoms with van der Waals surface area (Å²) in [5, 5.41) is 0. The normalized spacial score (nSPS) is 36.3. The molecule has 0 aromatic rings. The van der Waals surface area contributed by atoms with Gasteiger partial charge in [0.15, 0.2) is 5.96 Å². The summed E-state index contributed by atoms with van der Waals surface area (Å²) in [5.41, 5.74) is 6.28. The molecule has 1 saturated carbocycles. The van der Waals surface area contributed by atoms with E-state index in [9.17, 15) is 0 Å². The van der Waals surface area contributed by atoms with Crippen LogP contribution in [-0.2, 0) is 4.74 Å². The molecule has 1 atom stereocenters. The van der Waals surface area contributed by atoms with Crippen LogP contribution < -0.4 is 5.73 Å². The second kappa shape index (κ2) is 4.12. The van der Waals surface area contributed by atoms with Gasteiger partial charge < -0.3 is 15.4 Å². The van der Waals surface area contributed by atoms with Crippen LogP contribution in [0.15, 0.2) is 4.99 Å². The third-order valence-corrected chi connectivity index (χ3v) is 4.80. The maximum atomic E-state index is 6.19. The summed E-state index contributed by atoms with van der Waals surface area (Å²) in [5.74, 6) is 0.777. The fourth-order valence-corrected chi connectivity index (χ4v) is 4.15. The quantitative estimate of drug-likeness (QED) is 0.774. The summed E-state index contributed by atoms with van der Waals surface area (Å²) >= 11 is 0. The van der Waals surface area contributed by atoms with Crippen LogP contribution in [0.1, 0.15) is 52.4 Å². The van der Waals surface area contributed by atoms with Gasteiger partial charge in [-0.25, -0.2) is 0 Å². The first-order valence-electron chi connectivity index (χ1n) is 7.26. The van der Waals surface area contributed by atoms with E-state index >= 15 is 0 Å². The van der Waals surface area contributed by atoms with Gasteiger partial charge in [-0.15, -0.1) is 0 Å². The number of rotatable bonds is 1. The number of aliphatic imine (C=N–C) groups is 1. The van der Waals surface area contributed by atoms with Crippen LogP contribution in [0, 0.1) is 0 Å². The maximum Gasteiger partial charge on any atom is 0.192 e. The van der Waals surface area contributed by atoms with Crippen LogP contribution in [0.25, 0.3) is 0 Å². The lowest BCUT2D eigenvalue weighted by Crippen LogP contribution is -2.61. The maximum absolute atomic E-state index is 6.19. The molecule has 102 valence electrons. The van der Waals surface area contributed by atoms with E-state index in [2.05, 4.69) is 23.7 Å². The molecule has 1 unspecified atom stereocenters. The minimum atomic E-state index is -0.0464. The predicted octanol–water partition coefficient (Wildman–Crippen LogP) is 1.89. The lowest BCUT2D eigenvalue weighted by atomic mass is 9.79. The topological polar surface area (TPSA) is 50.9 Å².